The van der Waals surface area contributed by atoms with E-state index in [2.05, 4.69) is 40.1 Å². The molecule has 1 heterocycles. The van der Waals surface area contributed by atoms with Gasteiger partial charge in [-0.2, -0.15) is 0 Å². The van der Waals surface area contributed by atoms with Crippen LogP contribution in [0.15, 0.2) is 16.9 Å². The van der Waals surface area contributed by atoms with Crippen LogP contribution in [0.2, 0.25) is 0 Å². The van der Waals surface area contributed by atoms with E-state index in [1.807, 2.05) is 0 Å². The van der Waals surface area contributed by atoms with Gasteiger partial charge in [-0.15, -0.1) is 0 Å². The summed E-state index contributed by atoms with van der Waals surface area (Å²) in [7, 11) is 0. The molecule has 3 nitrogen and oxygen atoms in total. The molecule has 1 aliphatic carbocycles. The number of aromatic nitrogens is 1. The molecule has 0 saturated heterocycles. The number of anilines is 2. The van der Waals surface area contributed by atoms with Gasteiger partial charge in [-0.3, -0.25) is 4.98 Å². The van der Waals surface area contributed by atoms with Crippen LogP contribution in [0.5, 0.6) is 0 Å². The average molecular weight is 298 g/mol. The van der Waals surface area contributed by atoms with Crippen LogP contribution in [0, 0.1) is 11.8 Å². The molecule has 3 unspecified atom stereocenters. The Labute approximate surface area is 111 Å². The molecule has 0 bridgehead atoms. The molecule has 94 valence electrons. The lowest BCUT2D eigenvalue weighted by Gasteiger charge is -2.33. The zero-order valence-electron chi connectivity index (χ0n) is 10.4. The van der Waals surface area contributed by atoms with E-state index in [0.29, 0.717) is 11.7 Å². The molecule has 1 aromatic heterocycles. The third-order valence-corrected chi connectivity index (χ3v) is 4.48. The van der Waals surface area contributed by atoms with E-state index < -0.39 is 0 Å². The first-order chi connectivity index (χ1) is 8.08. The van der Waals surface area contributed by atoms with Crippen LogP contribution in [0.1, 0.15) is 33.1 Å². The molecule has 1 saturated carbocycles. The van der Waals surface area contributed by atoms with Crippen molar-refractivity contribution in [3.8, 4) is 0 Å². The Kier molecular flexibility index (Phi) is 3.92. The standard InChI is InChI=1S/C13H20BrN3/c1-8-3-4-10(5-9(8)2)17-13-11(14)6-16-7-12(13)15/h6-10H,3-5,15H2,1-2H3,(H,16,17). The quantitative estimate of drug-likeness (QED) is 0.876. The molecule has 0 aromatic carbocycles. The summed E-state index contributed by atoms with van der Waals surface area (Å²) in [5.74, 6) is 1.62. The first kappa shape index (κ1) is 12.7. The highest BCUT2D eigenvalue weighted by molar-refractivity contribution is 9.10. The number of pyridine rings is 1. The van der Waals surface area contributed by atoms with Crippen LogP contribution >= 0.6 is 15.9 Å². The van der Waals surface area contributed by atoms with Crippen LogP contribution in [0.3, 0.4) is 0 Å². The number of nitrogen functional groups attached to an aromatic ring is 1. The fourth-order valence-electron chi connectivity index (χ4n) is 2.49. The van der Waals surface area contributed by atoms with Gasteiger partial charge >= 0.3 is 0 Å². The molecule has 0 aliphatic heterocycles. The Hall–Kier alpha value is -0.770. The van der Waals surface area contributed by atoms with Crippen molar-refractivity contribution >= 4 is 27.3 Å². The van der Waals surface area contributed by atoms with Crippen LogP contribution in [0.4, 0.5) is 11.4 Å². The second-order valence-electron chi connectivity index (χ2n) is 5.19. The molecule has 1 aromatic rings. The van der Waals surface area contributed by atoms with Gasteiger partial charge in [0.15, 0.2) is 0 Å². The molecule has 0 spiro atoms. The zero-order chi connectivity index (χ0) is 12.4. The summed E-state index contributed by atoms with van der Waals surface area (Å²) in [5.41, 5.74) is 7.65. The fraction of sp³-hybridized carbons (Fsp3) is 0.615. The summed E-state index contributed by atoms with van der Waals surface area (Å²) in [5, 5.41) is 3.56. The molecule has 1 fully saturated rings. The SMILES string of the molecule is CC1CCC(Nc2c(N)cncc2Br)CC1C. The van der Waals surface area contributed by atoms with E-state index in [1.165, 1.54) is 19.3 Å². The Morgan fingerprint density at radius 3 is 2.71 bits per heavy atom. The van der Waals surface area contributed by atoms with Gasteiger partial charge in [0.25, 0.3) is 0 Å². The van der Waals surface area contributed by atoms with E-state index in [0.717, 1.165) is 22.0 Å². The number of nitrogens with one attached hydrogen (secondary N) is 1. The molecule has 4 heteroatoms. The summed E-state index contributed by atoms with van der Waals surface area (Å²) in [6.45, 7) is 4.68. The van der Waals surface area contributed by atoms with Crippen LogP contribution in [0.25, 0.3) is 0 Å². The number of hydrogen-bond acceptors (Lipinski definition) is 3. The van der Waals surface area contributed by atoms with Gasteiger partial charge in [0.1, 0.15) is 0 Å². The minimum Gasteiger partial charge on any atom is -0.396 e. The predicted octanol–water partition coefficient (Wildman–Crippen LogP) is 3.66. The minimum absolute atomic E-state index is 0.530. The van der Waals surface area contributed by atoms with Crippen molar-refractivity contribution in [2.24, 2.45) is 11.8 Å². The zero-order valence-corrected chi connectivity index (χ0v) is 12.0. The molecule has 3 atom stereocenters. The van der Waals surface area contributed by atoms with E-state index in [9.17, 15) is 0 Å². The molecular formula is C13H20BrN3. The highest BCUT2D eigenvalue weighted by Gasteiger charge is 2.25. The summed E-state index contributed by atoms with van der Waals surface area (Å²) in [4.78, 5) is 4.05. The van der Waals surface area contributed by atoms with Crippen molar-refractivity contribution in [1.82, 2.24) is 4.98 Å². The third-order valence-electron chi connectivity index (χ3n) is 3.88. The van der Waals surface area contributed by atoms with Crippen molar-refractivity contribution in [3.63, 3.8) is 0 Å². The van der Waals surface area contributed by atoms with Gasteiger partial charge in [0, 0.05) is 12.2 Å². The maximum absolute atomic E-state index is 5.95. The number of halogens is 1. The summed E-state index contributed by atoms with van der Waals surface area (Å²) in [6.07, 6.45) is 7.21. The van der Waals surface area contributed by atoms with E-state index in [4.69, 9.17) is 5.73 Å². The molecule has 0 amide bonds. The van der Waals surface area contributed by atoms with Crippen LogP contribution in [-0.4, -0.2) is 11.0 Å². The summed E-state index contributed by atoms with van der Waals surface area (Å²) >= 11 is 3.50. The van der Waals surface area contributed by atoms with Gasteiger partial charge in [-0.1, -0.05) is 13.8 Å². The number of hydrogen-bond donors (Lipinski definition) is 2. The monoisotopic (exact) mass is 297 g/mol. The predicted molar refractivity (Wildman–Crippen MR) is 75.9 cm³/mol. The Morgan fingerprint density at radius 1 is 1.29 bits per heavy atom. The van der Waals surface area contributed by atoms with Gasteiger partial charge in [-0.25, -0.2) is 0 Å². The van der Waals surface area contributed by atoms with Crippen molar-refractivity contribution in [2.75, 3.05) is 11.1 Å². The molecular weight excluding hydrogens is 278 g/mol. The first-order valence-electron chi connectivity index (χ1n) is 6.23. The fourth-order valence-corrected chi connectivity index (χ4v) is 2.95. The van der Waals surface area contributed by atoms with E-state index in [1.54, 1.807) is 12.4 Å². The van der Waals surface area contributed by atoms with Gasteiger partial charge in [0.05, 0.1) is 22.0 Å². The number of rotatable bonds is 2. The molecule has 3 N–H and O–H groups in total. The topological polar surface area (TPSA) is 50.9 Å². The maximum Gasteiger partial charge on any atom is 0.0752 e. The third kappa shape index (κ3) is 2.92. The second-order valence-corrected chi connectivity index (χ2v) is 6.05. The highest BCUT2D eigenvalue weighted by Crippen LogP contribution is 2.34. The molecule has 1 aliphatic rings. The maximum atomic E-state index is 5.95. The van der Waals surface area contributed by atoms with Crippen molar-refractivity contribution in [1.29, 1.82) is 0 Å². The van der Waals surface area contributed by atoms with E-state index >= 15 is 0 Å². The lowest BCUT2D eigenvalue weighted by molar-refractivity contribution is 0.261. The Balaban J connectivity index is 2.06. The minimum atomic E-state index is 0.530. The molecule has 0 radical (unpaired) electrons. The largest absolute Gasteiger partial charge is 0.396 e. The van der Waals surface area contributed by atoms with Gasteiger partial charge in [0.2, 0.25) is 0 Å². The lowest BCUT2D eigenvalue weighted by atomic mass is 9.79. The first-order valence-corrected chi connectivity index (χ1v) is 7.02. The number of nitrogens with zero attached hydrogens (tertiary/aromatic N) is 1. The highest BCUT2D eigenvalue weighted by atomic mass is 79.9. The Bertz CT molecular complexity index is 374. The van der Waals surface area contributed by atoms with Crippen molar-refractivity contribution in [3.05, 3.63) is 16.9 Å². The smallest absolute Gasteiger partial charge is 0.0752 e. The second kappa shape index (κ2) is 5.25. The van der Waals surface area contributed by atoms with Crippen molar-refractivity contribution in [2.45, 2.75) is 39.2 Å². The summed E-state index contributed by atoms with van der Waals surface area (Å²) in [6, 6.07) is 0.530. The molecule has 2 rings (SSSR count). The Morgan fingerprint density at radius 2 is 2.06 bits per heavy atom. The van der Waals surface area contributed by atoms with Crippen LogP contribution < -0.4 is 11.1 Å². The normalized spacial score (nSPS) is 29.0. The lowest BCUT2D eigenvalue weighted by Crippen LogP contribution is -2.30. The van der Waals surface area contributed by atoms with Gasteiger partial charge < -0.3 is 11.1 Å². The van der Waals surface area contributed by atoms with Gasteiger partial charge in [-0.05, 0) is 47.0 Å². The van der Waals surface area contributed by atoms with Crippen molar-refractivity contribution < 1.29 is 0 Å². The summed E-state index contributed by atoms with van der Waals surface area (Å²) < 4.78 is 0.948. The average Bonchev–Trinajstić information content (AvgIpc) is 2.28. The van der Waals surface area contributed by atoms with Crippen LogP contribution in [-0.2, 0) is 0 Å². The number of nitrogens with two attached hydrogens (primary N) is 1. The van der Waals surface area contributed by atoms with E-state index in [-0.39, 0.29) is 0 Å². The molecule has 17 heavy (non-hydrogen) atoms.